The molecule has 0 bridgehead atoms. The van der Waals surface area contributed by atoms with Gasteiger partial charge in [-0.15, -0.1) is 11.3 Å². The predicted molar refractivity (Wildman–Crippen MR) is 87.5 cm³/mol. The van der Waals surface area contributed by atoms with E-state index in [0.29, 0.717) is 0 Å². The Kier molecular flexibility index (Phi) is 4.38. The molecule has 1 aliphatic heterocycles. The lowest BCUT2D eigenvalue weighted by Gasteiger charge is -2.21. The first-order valence-electron chi connectivity index (χ1n) is 7.49. The molecule has 2 heterocycles. The molecule has 2 aromatic rings. The predicted octanol–water partition coefficient (Wildman–Crippen LogP) is 3.96. The van der Waals surface area contributed by atoms with Gasteiger partial charge in [-0.1, -0.05) is 25.1 Å². The number of para-hydroxylation sites is 1. The quantitative estimate of drug-likeness (QED) is 0.869. The van der Waals surface area contributed by atoms with E-state index in [1.54, 1.807) is 0 Å². The van der Waals surface area contributed by atoms with Crippen LogP contribution in [0.1, 0.15) is 34.2 Å². The summed E-state index contributed by atoms with van der Waals surface area (Å²) in [6.45, 7) is 5.23. The summed E-state index contributed by atoms with van der Waals surface area (Å²) >= 11 is 1.92. The van der Waals surface area contributed by atoms with Gasteiger partial charge in [0, 0.05) is 35.1 Å². The number of rotatable bonds is 5. The zero-order chi connectivity index (χ0) is 13.8. The molecule has 2 N–H and O–H groups in total. The van der Waals surface area contributed by atoms with E-state index in [4.69, 9.17) is 0 Å². The van der Waals surface area contributed by atoms with E-state index in [1.165, 1.54) is 39.4 Å². The monoisotopic (exact) mass is 286 g/mol. The van der Waals surface area contributed by atoms with Gasteiger partial charge in [0.15, 0.2) is 0 Å². The number of hydrogen-bond donors (Lipinski definition) is 2. The lowest BCUT2D eigenvalue weighted by atomic mass is 9.99. The van der Waals surface area contributed by atoms with Crippen LogP contribution in [0.15, 0.2) is 30.3 Å². The van der Waals surface area contributed by atoms with E-state index in [0.717, 1.165) is 26.1 Å². The number of benzene rings is 1. The summed E-state index contributed by atoms with van der Waals surface area (Å²) in [6, 6.07) is 11.2. The van der Waals surface area contributed by atoms with Crippen molar-refractivity contribution in [2.45, 2.75) is 39.3 Å². The molecular formula is C17H22N2S. The van der Waals surface area contributed by atoms with Gasteiger partial charge in [-0.2, -0.15) is 0 Å². The first kappa shape index (κ1) is 13.7. The van der Waals surface area contributed by atoms with E-state index in [2.05, 4.69) is 47.9 Å². The number of thiophene rings is 1. The van der Waals surface area contributed by atoms with Crippen molar-refractivity contribution in [3.05, 3.63) is 51.2 Å². The van der Waals surface area contributed by atoms with Gasteiger partial charge in [0.05, 0.1) is 0 Å². The van der Waals surface area contributed by atoms with E-state index in [1.807, 2.05) is 11.3 Å². The second kappa shape index (κ2) is 6.42. The van der Waals surface area contributed by atoms with Gasteiger partial charge in [0.25, 0.3) is 0 Å². The van der Waals surface area contributed by atoms with Gasteiger partial charge in [0.1, 0.15) is 0 Å². The normalized spacial score (nSPS) is 13.8. The van der Waals surface area contributed by atoms with Crippen LogP contribution >= 0.6 is 11.3 Å². The molecule has 0 saturated heterocycles. The number of anilines is 1. The van der Waals surface area contributed by atoms with Crippen molar-refractivity contribution in [1.29, 1.82) is 0 Å². The molecule has 3 rings (SSSR count). The molecule has 3 heteroatoms. The Hall–Kier alpha value is -1.32. The van der Waals surface area contributed by atoms with E-state index in [-0.39, 0.29) is 0 Å². The van der Waals surface area contributed by atoms with Crippen LogP contribution in [0.25, 0.3) is 0 Å². The average molecular weight is 286 g/mol. The van der Waals surface area contributed by atoms with Gasteiger partial charge in [-0.05, 0) is 42.5 Å². The standard InChI is InChI=1S/C17H22N2S/c1-2-15-8-9-16(20-15)12-18-11-14-6-3-5-13-7-4-10-19-17(13)14/h3,5-6,8-9,18-19H,2,4,7,10-12H2,1H3. The maximum atomic E-state index is 3.58. The summed E-state index contributed by atoms with van der Waals surface area (Å²) in [6.07, 6.45) is 3.60. The summed E-state index contributed by atoms with van der Waals surface area (Å²) in [4.78, 5) is 2.90. The number of aryl methyl sites for hydroxylation is 2. The minimum absolute atomic E-state index is 0.940. The highest BCUT2D eigenvalue weighted by Crippen LogP contribution is 2.26. The van der Waals surface area contributed by atoms with Crippen LogP contribution in [-0.4, -0.2) is 6.54 Å². The second-order valence-corrected chi connectivity index (χ2v) is 6.56. The SMILES string of the molecule is CCc1ccc(CNCc2cccc3c2NCCC3)s1. The largest absolute Gasteiger partial charge is 0.385 e. The molecule has 0 fully saturated rings. The van der Waals surface area contributed by atoms with Crippen molar-refractivity contribution in [2.75, 3.05) is 11.9 Å². The summed E-state index contributed by atoms with van der Waals surface area (Å²) in [5, 5.41) is 7.13. The third-order valence-corrected chi connectivity index (χ3v) is 5.07. The fourth-order valence-corrected chi connectivity index (χ4v) is 3.68. The molecule has 0 saturated carbocycles. The fraction of sp³-hybridized carbons (Fsp3) is 0.412. The molecule has 2 nitrogen and oxygen atoms in total. The van der Waals surface area contributed by atoms with Gasteiger partial charge in [-0.3, -0.25) is 0 Å². The molecule has 0 unspecified atom stereocenters. The van der Waals surface area contributed by atoms with Crippen molar-refractivity contribution in [2.24, 2.45) is 0 Å². The summed E-state index contributed by atoms with van der Waals surface area (Å²) in [7, 11) is 0. The van der Waals surface area contributed by atoms with Crippen LogP contribution < -0.4 is 10.6 Å². The molecule has 1 aromatic heterocycles. The number of fused-ring (bicyclic) bond motifs is 1. The maximum absolute atomic E-state index is 3.58. The topological polar surface area (TPSA) is 24.1 Å². The molecule has 0 spiro atoms. The first-order chi connectivity index (χ1) is 9.86. The number of hydrogen-bond acceptors (Lipinski definition) is 3. The second-order valence-electron chi connectivity index (χ2n) is 5.31. The fourth-order valence-electron chi connectivity index (χ4n) is 2.76. The minimum atomic E-state index is 0.940. The van der Waals surface area contributed by atoms with Crippen LogP contribution in [0.3, 0.4) is 0 Å². The lowest BCUT2D eigenvalue weighted by Crippen LogP contribution is -2.17. The van der Waals surface area contributed by atoms with Crippen molar-refractivity contribution >= 4 is 17.0 Å². The van der Waals surface area contributed by atoms with Crippen LogP contribution in [0, 0.1) is 0 Å². The Morgan fingerprint density at radius 3 is 2.90 bits per heavy atom. The van der Waals surface area contributed by atoms with E-state index in [9.17, 15) is 0 Å². The van der Waals surface area contributed by atoms with Gasteiger partial charge < -0.3 is 10.6 Å². The van der Waals surface area contributed by atoms with Crippen molar-refractivity contribution < 1.29 is 0 Å². The van der Waals surface area contributed by atoms with Crippen LogP contribution in [0.4, 0.5) is 5.69 Å². The third-order valence-electron chi connectivity index (χ3n) is 3.84. The third kappa shape index (κ3) is 3.05. The molecule has 106 valence electrons. The van der Waals surface area contributed by atoms with Crippen LogP contribution in [0.5, 0.6) is 0 Å². The molecule has 0 atom stereocenters. The molecule has 0 aliphatic carbocycles. The van der Waals surface area contributed by atoms with E-state index < -0.39 is 0 Å². The van der Waals surface area contributed by atoms with Crippen LogP contribution in [0.2, 0.25) is 0 Å². The molecule has 0 radical (unpaired) electrons. The van der Waals surface area contributed by atoms with E-state index >= 15 is 0 Å². The number of nitrogens with one attached hydrogen (secondary N) is 2. The van der Waals surface area contributed by atoms with Crippen molar-refractivity contribution in [3.8, 4) is 0 Å². The van der Waals surface area contributed by atoms with Gasteiger partial charge >= 0.3 is 0 Å². The Balaban J connectivity index is 1.61. The maximum Gasteiger partial charge on any atom is 0.0418 e. The molecule has 0 amide bonds. The summed E-state index contributed by atoms with van der Waals surface area (Å²) in [5.41, 5.74) is 4.24. The highest BCUT2D eigenvalue weighted by atomic mass is 32.1. The molecule has 20 heavy (non-hydrogen) atoms. The Morgan fingerprint density at radius 2 is 2.05 bits per heavy atom. The van der Waals surface area contributed by atoms with Gasteiger partial charge in [0.2, 0.25) is 0 Å². The summed E-state index contributed by atoms with van der Waals surface area (Å²) < 4.78 is 0. The highest BCUT2D eigenvalue weighted by Gasteiger charge is 2.11. The Bertz CT molecular complexity index is 574. The minimum Gasteiger partial charge on any atom is -0.385 e. The molecular weight excluding hydrogens is 264 g/mol. The molecule has 1 aliphatic rings. The first-order valence-corrected chi connectivity index (χ1v) is 8.31. The average Bonchev–Trinajstić information content (AvgIpc) is 2.95. The van der Waals surface area contributed by atoms with Crippen molar-refractivity contribution in [3.63, 3.8) is 0 Å². The highest BCUT2D eigenvalue weighted by molar-refractivity contribution is 7.11. The van der Waals surface area contributed by atoms with Crippen molar-refractivity contribution in [1.82, 2.24) is 5.32 Å². The Labute approximate surface area is 125 Å². The Morgan fingerprint density at radius 1 is 1.15 bits per heavy atom. The molecule has 1 aromatic carbocycles. The zero-order valence-corrected chi connectivity index (χ0v) is 12.9. The smallest absolute Gasteiger partial charge is 0.0418 e. The zero-order valence-electron chi connectivity index (χ0n) is 12.0. The van der Waals surface area contributed by atoms with Gasteiger partial charge in [-0.25, -0.2) is 0 Å². The lowest BCUT2D eigenvalue weighted by molar-refractivity contribution is 0.697. The summed E-state index contributed by atoms with van der Waals surface area (Å²) in [5.74, 6) is 0. The van der Waals surface area contributed by atoms with Crippen LogP contribution in [-0.2, 0) is 25.9 Å².